The molecule has 2 aromatic carbocycles. The van der Waals surface area contributed by atoms with E-state index in [1.807, 2.05) is 18.2 Å². The van der Waals surface area contributed by atoms with Gasteiger partial charge in [0.05, 0.1) is 25.9 Å². The number of aliphatic carboxylic acids is 1. The van der Waals surface area contributed by atoms with E-state index in [0.717, 1.165) is 41.7 Å². The third-order valence-electron chi connectivity index (χ3n) is 9.23. The maximum absolute atomic E-state index is 14.3. The van der Waals surface area contributed by atoms with Gasteiger partial charge in [-0.2, -0.15) is 0 Å². The molecule has 0 spiro atoms. The van der Waals surface area contributed by atoms with E-state index in [9.17, 15) is 14.7 Å². The Labute approximate surface area is 250 Å². The number of likely N-dealkylation sites (tertiary alicyclic amines) is 1. The van der Waals surface area contributed by atoms with Crippen LogP contribution in [0.3, 0.4) is 0 Å². The Hall–Kier alpha value is -2.90. The lowest BCUT2D eigenvalue weighted by Gasteiger charge is -2.35. The average molecular weight is 578 g/mol. The van der Waals surface area contributed by atoms with Crippen LogP contribution in [0.15, 0.2) is 42.5 Å². The summed E-state index contributed by atoms with van der Waals surface area (Å²) in [6.45, 7) is 13.4. The quantitative estimate of drug-likeness (QED) is 0.379. The van der Waals surface area contributed by atoms with Crippen LogP contribution in [0.2, 0.25) is 0 Å². The van der Waals surface area contributed by atoms with Gasteiger partial charge in [-0.1, -0.05) is 71.9 Å². The zero-order chi connectivity index (χ0) is 30.4. The van der Waals surface area contributed by atoms with Gasteiger partial charge in [-0.15, -0.1) is 0 Å². The summed E-state index contributed by atoms with van der Waals surface area (Å²) in [6.07, 6.45) is 2.39. The zero-order valence-electron chi connectivity index (χ0n) is 26.2. The minimum absolute atomic E-state index is 0.0625. The second kappa shape index (κ2) is 11.6. The molecule has 7 heteroatoms. The van der Waals surface area contributed by atoms with Crippen LogP contribution in [0.5, 0.6) is 5.75 Å². The number of carboxylic acids is 1. The van der Waals surface area contributed by atoms with Crippen molar-refractivity contribution < 1.29 is 28.9 Å². The molecule has 0 bridgehead atoms. The Morgan fingerprint density at radius 1 is 1.00 bits per heavy atom. The number of rotatable bonds is 8. The number of nitrogens with zero attached hydrogens (tertiary/aromatic N) is 1. The van der Waals surface area contributed by atoms with Gasteiger partial charge >= 0.3 is 5.97 Å². The molecule has 5 atom stereocenters. The second-order valence-electron chi connectivity index (χ2n) is 14.3. The van der Waals surface area contributed by atoms with Gasteiger partial charge in [-0.3, -0.25) is 4.79 Å². The predicted octanol–water partition coefficient (Wildman–Crippen LogP) is 6.63. The van der Waals surface area contributed by atoms with Gasteiger partial charge < -0.3 is 24.2 Å². The minimum atomic E-state index is -1.05. The Morgan fingerprint density at radius 3 is 2.24 bits per heavy atom. The van der Waals surface area contributed by atoms with E-state index in [0.29, 0.717) is 18.9 Å². The number of carbonyl (C=O) groups excluding carboxylic acids is 1. The molecule has 1 N–H and O–H groups in total. The first-order valence-corrected chi connectivity index (χ1v) is 15.4. The second-order valence-corrected chi connectivity index (χ2v) is 14.3. The van der Waals surface area contributed by atoms with Crippen molar-refractivity contribution in [3.05, 3.63) is 64.7 Å². The topological polar surface area (TPSA) is 85.3 Å². The predicted molar refractivity (Wildman–Crippen MR) is 162 cm³/mol. The highest BCUT2D eigenvalue weighted by Crippen LogP contribution is 2.53. The fourth-order valence-electron chi connectivity index (χ4n) is 6.94. The van der Waals surface area contributed by atoms with Crippen LogP contribution in [-0.2, 0) is 31.1 Å². The van der Waals surface area contributed by atoms with Crippen molar-refractivity contribution in [2.45, 2.75) is 109 Å². The van der Waals surface area contributed by atoms with Gasteiger partial charge in [0.25, 0.3) is 5.91 Å². The van der Waals surface area contributed by atoms with Gasteiger partial charge in [-0.25, -0.2) is 4.79 Å². The summed E-state index contributed by atoms with van der Waals surface area (Å²) in [7, 11) is 1.65. The number of methoxy groups -OCH3 is 1. The first-order chi connectivity index (χ1) is 19.8. The van der Waals surface area contributed by atoms with E-state index >= 15 is 0 Å². The highest BCUT2D eigenvalue weighted by Gasteiger charge is 2.60. The van der Waals surface area contributed by atoms with Crippen LogP contribution in [0, 0.1) is 11.3 Å². The summed E-state index contributed by atoms with van der Waals surface area (Å²) in [5.41, 5.74) is 3.71. The van der Waals surface area contributed by atoms with Crippen LogP contribution in [0.25, 0.3) is 0 Å². The van der Waals surface area contributed by atoms with Crippen LogP contribution >= 0.6 is 0 Å². The van der Waals surface area contributed by atoms with E-state index in [4.69, 9.17) is 14.2 Å². The summed E-state index contributed by atoms with van der Waals surface area (Å²) in [6, 6.07) is 12.8. The minimum Gasteiger partial charge on any atom is -0.496 e. The largest absolute Gasteiger partial charge is 0.496 e. The molecule has 2 aliphatic heterocycles. The van der Waals surface area contributed by atoms with E-state index in [1.165, 1.54) is 5.56 Å². The van der Waals surface area contributed by atoms with E-state index in [-0.39, 0.29) is 17.9 Å². The number of amides is 1. The van der Waals surface area contributed by atoms with Gasteiger partial charge in [0.15, 0.2) is 0 Å². The summed E-state index contributed by atoms with van der Waals surface area (Å²) >= 11 is 0. The molecule has 42 heavy (non-hydrogen) atoms. The van der Waals surface area contributed by atoms with Crippen LogP contribution in [-0.4, -0.2) is 53.8 Å². The first-order valence-electron chi connectivity index (χ1n) is 15.4. The maximum Gasteiger partial charge on any atom is 0.326 e. The monoisotopic (exact) mass is 577 g/mol. The third kappa shape index (κ3) is 5.96. The van der Waals surface area contributed by atoms with Gasteiger partial charge in [-0.05, 0) is 71.3 Å². The van der Waals surface area contributed by atoms with Crippen LogP contribution in [0.1, 0.15) is 101 Å². The molecule has 1 saturated carbocycles. The molecule has 7 nitrogen and oxygen atoms in total. The molecule has 2 saturated heterocycles. The fourth-order valence-corrected chi connectivity index (χ4v) is 6.94. The Kier molecular flexibility index (Phi) is 8.47. The smallest absolute Gasteiger partial charge is 0.326 e. The molecule has 0 radical (unpaired) electrons. The molecule has 2 aromatic rings. The molecule has 0 unspecified atom stereocenters. The van der Waals surface area contributed by atoms with Crippen LogP contribution in [0.4, 0.5) is 0 Å². The number of hydrogen-bond donors (Lipinski definition) is 1. The number of carboxylic acid groups (broad SMARTS) is 1. The molecule has 2 heterocycles. The van der Waals surface area contributed by atoms with Gasteiger partial charge in [0.2, 0.25) is 0 Å². The molecule has 3 aliphatic rings. The molecular formula is C35H47NO6. The highest BCUT2D eigenvalue weighted by molar-refractivity contribution is 5.88. The van der Waals surface area contributed by atoms with Crippen molar-refractivity contribution in [2.75, 3.05) is 13.7 Å². The van der Waals surface area contributed by atoms with E-state index in [1.54, 1.807) is 12.0 Å². The standard InChI is InChI=1S/C35H47NO6/c1-34(2,3)23-16-17-26(40-7)22(19-23)20-42-31-28(35(4,5)6)30(33(38)39)36(32(37)27-13-10-18-41-27)29(31)25-12-9-8-11-24(25)21-14-15-21/h8-9,11-12,16-17,19,21,27-31H,10,13-15,18,20H2,1-7H3,(H,38,39)/t27-,28+,29-,30-,31-/m0/s1. The van der Waals surface area contributed by atoms with Crippen molar-refractivity contribution in [3.8, 4) is 5.75 Å². The summed E-state index contributed by atoms with van der Waals surface area (Å²) < 4.78 is 18.5. The maximum atomic E-state index is 14.3. The van der Waals surface area contributed by atoms with Crippen LogP contribution < -0.4 is 4.74 Å². The normalized spacial score (nSPS) is 26.5. The van der Waals surface area contributed by atoms with Crippen molar-refractivity contribution in [1.29, 1.82) is 0 Å². The molecule has 1 amide bonds. The number of hydrogen-bond acceptors (Lipinski definition) is 5. The number of carbonyl (C=O) groups is 2. The van der Waals surface area contributed by atoms with Crippen molar-refractivity contribution in [1.82, 2.24) is 4.90 Å². The number of benzene rings is 2. The van der Waals surface area contributed by atoms with E-state index in [2.05, 4.69) is 65.8 Å². The van der Waals surface area contributed by atoms with Crippen molar-refractivity contribution in [3.63, 3.8) is 0 Å². The molecule has 3 fully saturated rings. The summed E-state index contributed by atoms with van der Waals surface area (Å²) in [5.74, 6) is -0.571. The molecule has 228 valence electrons. The SMILES string of the molecule is COc1ccc(C(C)(C)C)cc1CO[C@H]1[C@H](C(C)(C)C)[C@@H](C(=O)O)N(C(=O)[C@@H]2CCCO2)[C@H]1c1ccccc1C1CC1. The van der Waals surface area contributed by atoms with Crippen molar-refractivity contribution in [2.24, 2.45) is 11.3 Å². The third-order valence-corrected chi connectivity index (χ3v) is 9.23. The number of ether oxygens (including phenoxy) is 3. The molecule has 1 aliphatic carbocycles. The summed E-state index contributed by atoms with van der Waals surface area (Å²) in [4.78, 5) is 29.0. The molecule has 5 rings (SSSR count). The lowest BCUT2D eigenvalue weighted by molar-refractivity contribution is -0.156. The Balaban J connectivity index is 1.63. The summed E-state index contributed by atoms with van der Waals surface area (Å²) in [5, 5.41) is 10.8. The van der Waals surface area contributed by atoms with Gasteiger partial charge in [0, 0.05) is 18.1 Å². The average Bonchev–Trinajstić information content (AvgIpc) is 3.50. The molecule has 0 aromatic heterocycles. The lowest BCUT2D eigenvalue weighted by atomic mass is 9.73. The molecular weight excluding hydrogens is 530 g/mol. The highest BCUT2D eigenvalue weighted by atomic mass is 16.5. The lowest BCUT2D eigenvalue weighted by Crippen LogP contribution is -2.50. The van der Waals surface area contributed by atoms with E-state index < -0.39 is 41.6 Å². The van der Waals surface area contributed by atoms with Gasteiger partial charge in [0.1, 0.15) is 17.9 Å². The Bertz CT molecular complexity index is 1300. The zero-order valence-corrected chi connectivity index (χ0v) is 26.2. The first kappa shape index (κ1) is 30.6. The van der Waals surface area contributed by atoms with Crippen molar-refractivity contribution >= 4 is 11.9 Å². The Morgan fingerprint density at radius 2 is 1.69 bits per heavy atom. The fraction of sp³-hybridized carbons (Fsp3) is 0.600.